The molecule has 1 N–H and O–H groups in total. The van der Waals surface area contributed by atoms with Crippen LogP contribution in [-0.2, 0) is 0 Å². The average molecular weight is 325 g/mol. The lowest BCUT2D eigenvalue weighted by atomic mass is 9.89. The highest BCUT2D eigenvalue weighted by atomic mass is 79.9. The molecule has 106 valence electrons. The Hall–Kier alpha value is -0.380. The lowest BCUT2D eigenvalue weighted by Gasteiger charge is -2.41. The number of benzene rings is 1. The van der Waals surface area contributed by atoms with Crippen LogP contribution in [0.3, 0.4) is 0 Å². The topological polar surface area (TPSA) is 15.3 Å². The van der Waals surface area contributed by atoms with E-state index in [9.17, 15) is 0 Å². The Bertz CT molecular complexity index is 421. The predicted molar refractivity (Wildman–Crippen MR) is 85.4 cm³/mol. The standard InChI is InChI=1S/C16H25BrN2/c1-11-10-19(4)12(2)8-16(11)18-13(3)14-6-5-7-15(17)9-14/h5-7,9,11-13,16,18H,8,10H2,1-4H3. The van der Waals surface area contributed by atoms with Gasteiger partial charge in [-0.2, -0.15) is 0 Å². The van der Waals surface area contributed by atoms with Gasteiger partial charge in [-0.3, -0.25) is 0 Å². The largest absolute Gasteiger partial charge is 0.307 e. The zero-order valence-corrected chi connectivity index (χ0v) is 13.9. The van der Waals surface area contributed by atoms with Crippen molar-refractivity contribution in [3.8, 4) is 0 Å². The summed E-state index contributed by atoms with van der Waals surface area (Å²) in [6, 6.07) is 10.3. The van der Waals surface area contributed by atoms with Crippen molar-refractivity contribution in [2.45, 2.75) is 45.3 Å². The Labute approximate surface area is 125 Å². The molecule has 1 heterocycles. The van der Waals surface area contributed by atoms with Gasteiger partial charge in [0.1, 0.15) is 0 Å². The fraction of sp³-hybridized carbons (Fsp3) is 0.625. The van der Waals surface area contributed by atoms with Crippen molar-refractivity contribution in [2.24, 2.45) is 5.92 Å². The number of halogens is 1. The second kappa shape index (κ2) is 6.38. The number of nitrogens with one attached hydrogen (secondary N) is 1. The summed E-state index contributed by atoms with van der Waals surface area (Å²) in [6.45, 7) is 8.12. The third-order valence-electron chi connectivity index (χ3n) is 4.42. The third kappa shape index (κ3) is 3.80. The molecule has 1 aliphatic heterocycles. The fourth-order valence-corrected chi connectivity index (χ4v) is 3.38. The van der Waals surface area contributed by atoms with Gasteiger partial charge in [0, 0.05) is 29.1 Å². The van der Waals surface area contributed by atoms with Crippen LogP contribution in [0, 0.1) is 5.92 Å². The third-order valence-corrected chi connectivity index (χ3v) is 4.92. The molecule has 1 aromatic carbocycles. The van der Waals surface area contributed by atoms with E-state index in [1.54, 1.807) is 0 Å². The molecular weight excluding hydrogens is 300 g/mol. The molecule has 4 atom stereocenters. The molecule has 1 fully saturated rings. The highest BCUT2D eigenvalue weighted by Gasteiger charge is 2.29. The van der Waals surface area contributed by atoms with Crippen LogP contribution in [0.2, 0.25) is 0 Å². The van der Waals surface area contributed by atoms with Crippen LogP contribution in [0.4, 0.5) is 0 Å². The molecular formula is C16H25BrN2. The van der Waals surface area contributed by atoms with Crippen LogP contribution in [0.1, 0.15) is 38.8 Å². The number of likely N-dealkylation sites (tertiary alicyclic amines) is 1. The lowest BCUT2D eigenvalue weighted by molar-refractivity contribution is 0.116. The molecule has 0 saturated carbocycles. The Kier molecular flexibility index (Phi) is 5.04. The average Bonchev–Trinajstić information content (AvgIpc) is 2.36. The van der Waals surface area contributed by atoms with Crippen LogP contribution >= 0.6 is 15.9 Å². The number of rotatable bonds is 3. The van der Waals surface area contributed by atoms with Crippen LogP contribution in [0.5, 0.6) is 0 Å². The Balaban J connectivity index is 2.00. The fourth-order valence-electron chi connectivity index (χ4n) is 2.97. The number of hydrogen-bond acceptors (Lipinski definition) is 2. The molecule has 0 bridgehead atoms. The SMILES string of the molecule is CC(NC1CC(C)N(C)CC1C)c1cccc(Br)c1. The first-order valence-electron chi connectivity index (χ1n) is 7.19. The van der Waals surface area contributed by atoms with E-state index < -0.39 is 0 Å². The van der Waals surface area contributed by atoms with Gasteiger partial charge in [-0.05, 0) is 50.9 Å². The molecule has 2 nitrogen and oxygen atoms in total. The van der Waals surface area contributed by atoms with Crippen LogP contribution in [0.15, 0.2) is 28.7 Å². The minimum atomic E-state index is 0.403. The molecule has 1 aliphatic rings. The van der Waals surface area contributed by atoms with Crippen molar-refractivity contribution in [1.29, 1.82) is 0 Å². The van der Waals surface area contributed by atoms with Crippen molar-refractivity contribution in [2.75, 3.05) is 13.6 Å². The summed E-state index contributed by atoms with van der Waals surface area (Å²) >= 11 is 3.55. The van der Waals surface area contributed by atoms with Gasteiger partial charge in [0.2, 0.25) is 0 Å². The van der Waals surface area contributed by atoms with Gasteiger partial charge in [0.05, 0.1) is 0 Å². The van der Waals surface area contributed by atoms with E-state index in [2.05, 4.69) is 78.2 Å². The first-order valence-corrected chi connectivity index (χ1v) is 7.98. The van der Waals surface area contributed by atoms with Crippen molar-refractivity contribution in [3.05, 3.63) is 34.3 Å². The van der Waals surface area contributed by atoms with Gasteiger partial charge in [-0.25, -0.2) is 0 Å². The second-order valence-corrected chi connectivity index (χ2v) is 6.97. The van der Waals surface area contributed by atoms with E-state index in [0.29, 0.717) is 24.0 Å². The maximum atomic E-state index is 3.82. The highest BCUT2D eigenvalue weighted by Crippen LogP contribution is 2.24. The second-order valence-electron chi connectivity index (χ2n) is 6.05. The smallest absolute Gasteiger partial charge is 0.0294 e. The molecule has 1 saturated heterocycles. The highest BCUT2D eigenvalue weighted by molar-refractivity contribution is 9.10. The molecule has 19 heavy (non-hydrogen) atoms. The molecule has 4 unspecified atom stereocenters. The van der Waals surface area contributed by atoms with E-state index in [1.165, 1.54) is 18.5 Å². The van der Waals surface area contributed by atoms with E-state index >= 15 is 0 Å². The number of piperidine rings is 1. The zero-order valence-electron chi connectivity index (χ0n) is 12.4. The minimum absolute atomic E-state index is 0.403. The molecule has 0 radical (unpaired) electrons. The van der Waals surface area contributed by atoms with Crippen molar-refractivity contribution in [1.82, 2.24) is 10.2 Å². The monoisotopic (exact) mass is 324 g/mol. The minimum Gasteiger partial charge on any atom is -0.307 e. The summed E-state index contributed by atoms with van der Waals surface area (Å²) < 4.78 is 1.16. The predicted octanol–water partition coefficient (Wildman–Crippen LogP) is 3.83. The molecule has 1 aromatic rings. The van der Waals surface area contributed by atoms with E-state index in [0.717, 1.165) is 4.47 Å². The van der Waals surface area contributed by atoms with Crippen molar-refractivity contribution in [3.63, 3.8) is 0 Å². The van der Waals surface area contributed by atoms with Gasteiger partial charge < -0.3 is 10.2 Å². The zero-order chi connectivity index (χ0) is 14.0. The summed E-state index contributed by atoms with van der Waals surface area (Å²) in [7, 11) is 2.23. The van der Waals surface area contributed by atoms with Crippen molar-refractivity contribution < 1.29 is 0 Å². The van der Waals surface area contributed by atoms with Crippen LogP contribution in [-0.4, -0.2) is 30.6 Å². The van der Waals surface area contributed by atoms with Gasteiger partial charge in [-0.1, -0.05) is 35.0 Å². The molecule has 0 amide bonds. The Morgan fingerprint density at radius 3 is 2.79 bits per heavy atom. The van der Waals surface area contributed by atoms with E-state index in [1.807, 2.05) is 0 Å². The Morgan fingerprint density at radius 1 is 1.37 bits per heavy atom. The Morgan fingerprint density at radius 2 is 2.11 bits per heavy atom. The first-order chi connectivity index (χ1) is 8.97. The maximum Gasteiger partial charge on any atom is 0.0294 e. The maximum absolute atomic E-state index is 3.82. The summed E-state index contributed by atoms with van der Waals surface area (Å²) in [5.74, 6) is 0.704. The van der Waals surface area contributed by atoms with E-state index in [4.69, 9.17) is 0 Å². The summed E-state index contributed by atoms with van der Waals surface area (Å²) in [5, 5.41) is 3.82. The summed E-state index contributed by atoms with van der Waals surface area (Å²) in [4.78, 5) is 2.46. The van der Waals surface area contributed by atoms with Gasteiger partial charge in [-0.15, -0.1) is 0 Å². The van der Waals surface area contributed by atoms with Gasteiger partial charge >= 0.3 is 0 Å². The normalized spacial score (nSPS) is 30.3. The molecule has 0 aromatic heterocycles. The summed E-state index contributed by atoms with van der Waals surface area (Å²) in [5.41, 5.74) is 1.35. The van der Waals surface area contributed by atoms with E-state index in [-0.39, 0.29) is 0 Å². The molecule has 0 spiro atoms. The number of nitrogens with zero attached hydrogens (tertiary/aromatic N) is 1. The first kappa shape index (κ1) is 15.0. The van der Waals surface area contributed by atoms with Crippen molar-refractivity contribution >= 4 is 15.9 Å². The molecule has 3 heteroatoms. The number of hydrogen-bond donors (Lipinski definition) is 1. The lowest BCUT2D eigenvalue weighted by Crippen LogP contribution is -2.51. The van der Waals surface area contributed by atoms with Gasteiger partial charge in [0.15, 0.2) is 0 Å². The molecule has 0 aliphatic carbocycles. The van der Waals surface area contributed by atoms with Crippen LogP contribution in [0.25, 0.3) is 0 Å². The quantitative estimate of drug-likeness (QED) is 0.909. The van der Waals surface area contributed by atoms with Crippen LogP contribution < -0.4 is 5.32 Å². The molecule has 2 rings (SSSR count). The summed E-state index contributed by atoms with van der Waals surface area (Å²) in [6.07, 6.45) is 1.23. The van der Waals surface area contributed by atoms with Gasteiger partial charge in [0.25, 0.3) is 0 Å².